The maximum atomic E-state index is 12.6. The highest BCUT2D eigenvalue weighted by Crippen LogP contribution is 2.33. The van der Waals surface area contributed by atoms with E-state index in [0.29, 0.717) is 4.88 Å². The third-order valence-corrected chi connectivity index (χ3v) is 5.38. The van der Waals surface area contributed by atoms with Crippen LogP contribution in [0.5, 0.6) is 0 Å². The van der Waals surface area contributed by atoms with Gasteiger partial charge in [-0.3, -0.25) is 9.59 Å². The molecule has 118 valence electrons. The number of nitrogens with zero attached hydrogens (tertiary/aromatic N) is 1. The molecule has 2 unspecified atom stereocenters. The van der Waals surface area contributed by atoms with Crippen LogP contribution in [0.1, 0.15) is 27.6 Å². The number of halogens is 1. The van der Waals surface area contributed by atoms with Crippen molar-refractivity contribution in [3.05, 3.63) is 56.7 Å². The van der Waals surface area contributed by atoms with Crippen LogP contribution in [-0.4, -0.2) is 18.9 Å². The fraction of sp³-hybridized carbons (Fsp3) is 0.235. The Morgan fingerprint density at radius 2 is 2.00 bits per heavy atom. The lowest BCUT2D eigenvalue weighted by Crippen LogP contribution is -2.24. The van der Waals surface area contributed by atoms with Gasteiger partial charge in [-0.1, -0.05) is 30.3 Å². The van der Waals surface area contributed by atoms with E-state index in [0.717, 1.165) is 10.0 Å². The molecule has 6 heteroatoms. The number of Topliss-reactive ketones (excluding diaryl/α,β-unsaturated/α-hetero) is 1. The van der Waals surface area contributed by atoms with Crippen LogP contribution in [0, 0.1) is 17.2 Å². The van der Waals surface area contributed by atoms with Gasteiger partial charge in [0.2, 0.25) is 0 Å². The van der Waals surface area contributed by atoms with E-state index >= 15 is 0 Å². The number of esters is 1. The summed E-state index contributed by atoms with van der Waals surface area (Å²) >= 11 is 4.68. The second kappa shape index (κ2) is 8.04. The fourth-order valence-electron chi connectivity index (χ4n) is 2.35. The van der Waals surface area contributed by atoms with Gasteiger partial charge < -0.3 is 4.74 Å². The molecule has 0 fully saturated rings. The van der Waals surface area contributed by atoms with Crippen molar-refractivity contribution >= 4 is 39.0 Å². The van der Waals surface area contributed by atoms with Crippen LogP contribution in [0.2, 0.25) is 0 Å². The lowest BCUT2D eigenvalue weighted by molar-refractivity contribution is -0.144. The van der Waals surface area contributed by atoms with Crippen LogP contribution < -0.4 is 0 Å². The Kier molecular flexibility index (Phi) is 6.08. The standard InChI is InChI=1S/C17H14BrNO3S/c1-22-17(21)13(10-19)12(11-5-3-2-4-6-11)9-15(20)16-14(18)7-8-23-16/h2-8,12-13H,9H2,1H3. The molecule has 0 aliphatic heterocycles. The summed E-state index contributed by atoms with van der Waals surface area (Å²) in [6.45, 7) is 0. The minimum absolute atomic E-state index is 0.0659. The number of thiophene rings is 1. The van der Waals surface area contributed by atoms with Gasteiger partial charge in [0.1, 0.15) is 0 Å². The summed E-state index contributed by atoms with van der Waals surface area (Å²) in [7, 11) is 1.24. The van der Waals surface area contributed by atoms with Crippen molar-refractivity contribution in [2.24, 2.45) is 5.92 Å². The average Bonchev–Trinajstić information content (AvgIpc) is 3.01. The van der Waals surface area contributed by atoms with Crippen molar-refractivity contribution in [2.45, 2.75) is 12.3 Å². The molecular weight excluding hydrogens is 378 g/mol. The van der Waals surface area contributed by atoms with E-state index in [2.05, 4.69) is 15.9 Å². The molecular formula is C17H14BrNO3S. The van der Waals surface area contributed by atoms with Crippen molar-refractivity contribution in [1.82, 2.24) is 0 Å². The minimum atomic E-state index is -1.02. The number of ether oxygens (including phenoxy) is 1. The zero-order valence-electron chi connectivity index (χ0n) is 12.4. The Labute approximate surface area is 146 Å². The number of carbonyl (C=O) groups excluding carboxylic acids is 2. The first-order valence-electron chi connectivity index (χ1n) is 6.87. The number of benzene rings is 1. The van der Waals surface area contributed by atoms with E-state index in [1.54, 1.807) is 6.07 Å². The van der Waals surface area contributed by atoms with Crippen molar-refractivity contribution in [1.29, 1.82) is 5.26 Å². The highest BCUT2D eigenvalue weighted by molar-refractivity contribution is 9.10. The monoisotopic (exact) mass is 391 g/mol. The Balaban J connectivity index is 2.34. The van der Waals surface area contributed by atoms with Gasteiger partial charge in [-0.25, -0.2) is 0 Å². The molecule has 0 amide bonds. The predicted octanol–water partition coefficient (Wildman–Crippen LogP) is 4.18. The molecule has 2 atom stereocenters. The van der Waals surface area contributed by atoms with Gasteiger partial charge in [0, 0.05) is 16.8 Å². The van der Waals surface area contributed by atoms with Crippen molar-refractivity contribution < 1.29 is 14.3 Å². The molecule has 23 heavy (non-hydrogen) atoms. The largest absolute Gasteiger partial charge is 0.468 e. The highest BCUT2D eigenvalue weighted by atomic mass is 79.9. The van der Waals surface area contributed by atoms with Gasteiger partial charge in [0.25, 0.3) is 0 Å². The summed E-state index contributed by atoms with van der Waals surface area (Å²) in [5, 5.41) is 11.2. The molecule has 1 heterocycles. The van der Waals surface area contributed by atoms with E-state index in [1.807, 2.05) is 41.8 Å². The van der Waals surface area contributed by atoms with Crippen molar-refractivity contribution in [3.63, 3.8) is 0 Å². The molecule has 0 N–H and O–H groups in total. The second-order valence-corrected chi connectivity index (χ2v) is 6.64. The molecule has 0 saturated heterocycles. The van der Waals surface area contributed by atoms with Crippen LogP contribution in [0.15, 0.2) is 46.3 Å². The van der Waals surface area contributed by atoms with Crippen molar-refractivity contribution in [2.75, 3.05) is 7.11 Å². The summed E-state index contributed by atoms with van der Waals surface area (Å²) in [6.07, 6.45) is 0.0659. The van der Waals surface area contributed by atoms with Gasteiger partial charge >= 0.3 is 5.97 Å². The SMILES string of the molecule is COC(=O)C(C#N)C(CC(=O)c1sccc1Br)c1ccccc1. The molecule has 0 aliphatic rings. The topological polar surface area (TPSA) is 67.2 Å². The molecule has 0 aliphatic carbocycles. The Morgan fingerprint density at radius 1 is 1.30 bits per heavy atom. The normalized spacial score (nSPS) is 12.9. The van der Waals surface area contributed by atoms with Crippen LogP contribution in [0.4, 0.5) is 0 Å². The Morgan fingerprint density at radius 3 is 2.52 bits per heavy atom. The first-order chi connectivity index (χ1) is 11.1. The smallest absolute Gasteiger partial charge is 0.323 e. The van der Waals surface area contributed by atoms with Crippen LogP contribution in [0.25, 0.3) is 0 Å². The van der Waals surface area contributed by atoms with Crippen LogP contribution >= 0.6 is 27.3 Å². The molecule has 0 spiro atoms. The van der Waals surface area contributed by atoms with Gasteiger partial charge in [-0.05, 0) is 32.9 Å². The quantitative estimate of drug-likeness (QED) is 0.547. The van der Waals surface area contributed by atoms with E-state index in [1.165, 1.54) is 18.4 Å². The van der Waals surface area contributed by atoms with Crippen molar-refractivity contribution in [3.8, 4) is 6.07 Å². The van der Waals surface area contributed by atoms with Gasteiger partial charge in [-0.15, -0.1) is 11.3 Å². The van der Waals surface area contributed by atoms with Gasteiger partial charge in [0.15, 0.2) is 11.7 Å². The molecule has 2 aromatic rings. The van der Waals surface area contributed by atoms with Crippen LogP contribution in [0.3, 0.4) is 0 Å². The third kappa shape index (κ3) is 4.06. The average molecular weight is 392 g/mol. The first-order valence-corrected chi connectivity index (χ1v) is 8.54. The summed E-state index contributed by atoms with van der Waals surface area (Å²) in [6, 6.07) is 12.9. The second-order valence-electron chi connectivity index (χ2n) is 4.87. The summed E-state index contributed by atoms with van der Waals surface area (Å²) in [4.78, 5) is 25.1. The lowest BCUT2D eigenvalue weighted by Gasteiger charge is -2.20. The zero-order chi connectivity index (χ0) is 16.8. The van der Waals surface area contributed by atoms with Gasteiger partial charge in [-0.2, -0.15) is 5.26 Å². The van der Waals surface area contributed by atoms with E-state index < -0.39 is 17.8 Å². The third-order valence-electron chi connectivity index (χ3n) is 3.50. The number of hydrogen-bond donors (Lipinski definition) is 0. The molecule has 0 bridgehead atoms. The summed E-state index contributed by atoms with van der Waals surface area (Å²) < 4.78 is 5.45. The maximum absolute atomic E-state index is 12.6. The van der Waals surface area contributed by atoms with E-state index in [9.17, 15) is 14.9 Å². The van der Waals surface area contributed by atoms with E-state index in [4.69, 9.17) is 4.74 Å². The Bertz CT molecular complexity index is 736. The number of hydrogen-bond acceptors (Lipinski definition) is 5. The Hall–Kier alpha value is -1.97. The minimum Gasteiger partial charge on any atom is -0.468 e. The predicted molar refractivity (Wildman–Crippen MR) is 91.3 cm³/mol. The molecule has 0 saturated carbocycles. The van der Waals surface area contributed by atoms with Gasteiger partial charge in [0.05, 0.1) is 18.1 Å². The maximum Gasteiger partial charge on any atom is 0.323 e. The number of methoxy groups -OCH3 is 1. The molecule has 1 aromatic heterocycles. The molecule has 2 rings (SSSR count). The number of nitriles is 1. The zero-order valence-corrected chi connectivity index (χ0v) is 14.8. The number of rotatable bonds is 6. The fourth-order valence-corrected chi connectivity index (χ4v) is 3.89. The lowest BCUT2D eigenvalue weighted by atomic mass is 9.83. The summed E-state index contributed by atoms with van der Waals surface area (Å²) in [5.41, 5.74) is 0.769. The summed E-state index contributed by atoms with van der Waals surface area (Å²) in [5.74, 6) is -2.30. The molecule has 1 aromatic carbocycles. The van der Waals surface area contributed by atoms with E-state index in [-0.39, 0.29) is 12.2 Å². The molecule has 0 radical (unpaired) electrons. The first kappa shape index (κ1) is 17.4. The number of ketones is 1. The molecule has 4 nitrogen and oxygen atoms in total. The van der Waals surface area contributed by atoms with Crippen LogP contribution in [-0.2, 0) is 9.53 Å². The number of carbonyl (C=O) groups is 2. The highest BCUT2D eigenvalue weighted by Gasteiger charge is 2.33.